The lowest BCUT2D eigenvalue weighted by atomic mass is 10.2. The van der Waals surface area contributed by atoms with Crippen LogP contribution in [-0.4, -0.2) is 63.4 Å². The summed E-state index contributed by atoms with van der Waals surface area (Å²) >= 11 is 0. The van der Waals surface area contributed by atoms with Crippen LogP contribution < -0.4 is 4.72 Å². The van der Waals surface area contributed by atoms with E-state index in [0.717, 1.165) is 32.7 Å². The molecule has 1 N–H and O–H groups in total. The van der Waals surface area contributed by atoms with Crippen molar-refractivity contribution in [1.29, 1.82) is 0 Å². The van der Waals surface area contributed by atoms with E-state index in [9.17, 15) is 13.2 Å². The number of amides is 1. The van der Waals surface area contributed by atoms with Crippen LogP contribution in [-0.2, 0) is 14.8 Å². The second-order valence-electron chi connectivity index (χ2n) is 6.54. The molecule has 1 amide bonds. The molecule has 6 nitrogen and oxygen atoms in total. The molecule has 134 valence electrons. The molecule has 0 spiro atoms. The molecular weight excluding hydrogens is 326 g/mol. The maximum absolute atomic E-state index is 12.2. The van der Waals surface area contributed by atoms with Crippen LogP contribution in [0.5, 0.6) is 0 Å². The van der Waals surface area contributed by atoms with Crippen LogP contribution in [0.25, 0.3) is 0 Å². The first kappa shape index (κ1) is 18.9. The van der Waals surface area contributed by atoms with Gasteiger partial charge in [-0.3, -0.25) is 9.69 Å². The van der Waals surface area contributed by atoms with Crippen molar-refractivity contribution in [3.63, 3.8) is 0 Å². The summed E-state index contributed by atoms with van der Waals surface area (Å²) in [5, 5.41) is 0. The topological polar surface area (TPSA) is 69.7 Å². The largest absolute Gasteiger partial charge is 0.340 e. The Labute approximate surface area is 144 Å². The predicted molar refractivity (Wildman–Crippen MR) is 94.1 cm³/mol. The average molecular weight is 353 g/mol. The highest BCUT2D eigenvalue weighted by Gasteiger charge is 2.21. The number of piperazine rings is 1. The van der Waals surface area contributed by atoms with Crippen molar-refractivity contribution in [2.75, 3.05) is 39.3 Å². The lowest BCUT2D eigenvalue weighted by Gasteiger charge is -2.35. The zero-order valence-corrected chi connectivity index (χ0v) is 15.3. The zero-order valence-electron chi connectivity index (χ0n) is 14.4. The quantitative estimate of drug-likeness (QED) is 0.798. The van der Waals surface area contributed by atoms with Crippen LogP contribution in [0.1, 0.15) is 20.3 Å². The standard InChI is InChI=1S/C17H27N3O3S/c1-15(2)14-19-10-12-20(13-11-19)17(21)8-9-18-24(22,23)16-6-4-3-5-7-16/h3-7,15,18H,8-14H2,1-2H3. The highest BCUT2D eigenvalue weighted by atomic mass is 32.2. The monoisotopic (exact) mass is 353 g/mol. The molecule has 1 fully saturated rings. The SMILES string of the molecule is CC(C)CN1CCN(C(=O)CCNS(=O)(=O)c2ccccc2)CC1. The Balaban J connectivity index is 1.74. The van der Waals surface area contributed by atoms with Crippen molar-refractivity contribution in [2.45, 2.75) is 25.2 Å². The highest BCUT2D eigenvalue weighted by Crippen LogP contribution is 2.08. The minimum absolute atomic E-state index is 0.00922. The Morgan fingerprint density at radius 1 is 1.12 bits per heavy atom. The third-order valence-corrected chi connectivity index (χ3v) is 5.51. The lowest BCUT2D eigenvalue weighted by molar-refractivity contribution is -0.132. The summed E-state index contributed by atoms with van der Waals surface area (Å²) in [5.41, 5.74) is 0. The van der Waals surface area contributed by atoms with Gasteiger partial charge in [0.05, 0.1) is 4.90 Å². The van der Waals surface area contributed by atoms with Gasteiger partial charge in [0.2, 0.25) is 15.9 Å². The van der Waals surface area contributed by atoms with E-state index in [1.807, 2.05) is 4.90 Å². The van der Waals surface area contributed by atoms with Crippen LogP contribution in [0.2, 0.25) is 0 Å². The van der Waals surface area contributed by atoms with Crippen molar-refractivity contribution in [2.24, 2.45) is 5.92 Å². The van der Waals surface area contributed by atoms with Gasteiger partial charge in [-0.2, -0.15) is 0 Å². The second-order valence-corrected chi connectivity index (χ2v) is 8.30. The van der Waals surface area contributed by atoms with Gasteiger partial charge in [-0.25, -0.2) is 13.1 Å². The average Bonchev–Trinajstić information content (AvgIpc) is 2.55. The maximum Gasteiger partial charge on any atom is 0.240 e. The molecule has 0 atom stereocenters. The molecule has 0 aliphatic carbocycles. The van der Waals surface area contributed by atoms with E-state index in [-0.39, 0.29) is 23.8 Å². The molecule has 1 heterocycles. The zero-order chi connectivity index (χ0) is 17.6. The normalized spacial score (nSPS) is 16.5. The molecule has 1 aromatic carbocycles. The van der Waals surface area contributed by atoms with E-state index in [4.69, 9.17) is 0 Å². The molecule has 0 saturated carbocycles. The Bertz CT molecular complexity index is 624. The van der Waals surface area contributed by atoms with E-state index >= 15 is 0 Å². The summed E-state index contributed by atoms with van der Waals surface area (Å²) in [7, 11) is -3.54. The van der Waals surface area contributed by atoms with E-state index < -0.39 is 10.0 Å². The number of carbonyl (C=O) groups excluding carboxylic acids is 1. The second kappa shape index (κ2) is 8.60. The summed E-state index contributed by atoms with van der Waals surface area (Å²) in [6, 6.07) is 8.20. The summed E-state index contributed by atoms with van der Waals surface area (Å²) in [6.45, 7) is 8.78. The number of hydrogen-bond acceptors (Lipinski definition) is 4. The van der Waals surface area contributed by atoms with Gasteiger partial charge < -0.3 is 4.90 Å². The molecule has 2 rings (SSSR count). The van der Waals surface area contributed by atoms with Gasteiger partial charge in [-0.05, 0) is 18.1 Å². The minimum atomic E-state index is -3.54. The Morgan fingerprint density at radius 2 is 1.75 bits per heavy atom. The number of hydrogen-bond donors (Lipinski definition) is 1. The van der Waals surface area contributed by atoms with Gasteiger partial charge in [0, 0.05) is 45.7 Å². The summed E-state index contributed by atoms with van der Waals surface area (Å²) in [6.07, 6.45) is 0.191. The first-order chi connectivity index (χ1) is 11.4. The number of nitrogens with zero attached hydrogens (tertiary/aromatic N) is 2. The van der Waals surface area contributed by atoms with Gasteiger partial charge in [0.25, 0.3) is 0 Å². The van der Waals surface area contributed by atoms with Crippen LogP contribution in [0.3, 0.4) is 0 Å². The predicted octanol–water partition coefficient (Wildman–Crippen LogP) is 1.16. The fourth-order valence-electron chi connectivity index (χ4n) is 2.83. The van der Waals surface area contributed by atoms with Crippen LogP contribution in [0.15, 0.2) is 35.2 Å². The molecule has 1 saturated heterocycles. The summed E-state index contributed by atoms with van der Waals surface area (Å²) in [5.74, 6) is 0.634. The number of benzene rings is 1. The van der Waals surface area contributed by atoms with E-state index in [1.165, 1.54) is 12.1 Å². The molecule has 0 bridgehead atoms. The molecule has 0 aromatic heterocycles. The van der Waals surface area contributed by atoms with Gasteiger partial charge in [0.1, 0.15) is 0 Å². The highest BCUT2D eigenvalue weighted by molar-refractivity contribution is 7.89. The van der Waals surface area contributed by atoms with Crippen LogP contribution in [0, 0.1) is 5.92 Å². The first-order valence-electron chi connectivity index (χ1n) is 8.43. The molecule has 1 aliphatic rings. The van der Waals surface area contributed by atoms with Gasteiger partial charge >= 0.3 is 0 Å². The fraction of sp³-hybridized carbons (Fsp3) is 0.588. The number of nitrogens with one attached hydrogen (secondary N) is 1. The molecule has 1 aliphatic heterocycles. The first-order valence-corrected chi connectivity index (χ1v) is 9.91. The van der Waals surface area contributed by atoms with Crippen molar-refractivity contribution in [3.05, 3.63) is 30.3 Å². The van der Waals surface area contributed by atoms with Crippen LogP contribution >= 0.6 is 0 Å². The molecule has 24 heavy (non-hydrogen) atoms. The van der Waals surface area contributed by atoms with Crippen LogP contribution in [0.4, 0.5) is 0 Å². The van der Waals surface area contributed by atoms with Crippen molar-refractivity contribution < 1.29 is 13.2 Å². The van der Waals surface area contributed by atoms with Gasteiger partial charge in [-0.15, -0.1) is 0 Å². The fourth-order valence-corrected chi connectivity index (χ4v) is 3.88. The van der Waals surface area contributed by atoms with Crippen molar-refractivity contribution in [3.8, 4) is 0 Å². The third-order valence-electron chi connectivity index (χ3n) is 4.03. The number of sulfonamides is 1. The number of rotatable bonds is 7. The number of carbonyl (C=O) groups is 1. The van der Waals surface area contributed by atoms with Gasteiger partial charge in [-0.1, -0.05) is 32.0 Å². The molecule has 1 aromatic rings. The Morgan fingerprint density at radius 3 is 2.33 bits per heavy atom. The summed E-state index contributed by atoms with van der Waals surface area (Å²) < 4.78 is 26.7. The Kier molecular flexibility index (Phi) is 6.77. The molecule has 7 heteroatoms. The van der Waals surface area contributed by atoms with Crippen molar-refractivity contribution >= 4 is 15.9 Å². The van der Waals surface area contributed by atoms with E-state index in [2.05, 4.69) is 23.5 Å². The van der Waals surface area contributed by atoms with E-state index in [1.54, 1.807) is 18.2 Å². The van der Waals surface area contributed by atoms with Crippen molar-refractivity contribution in [1.82, 2.24) is 14.5 Å². The minimum Gasteiger partial charge on any atom is -0.340 e. The molecular formula is C17H27N3O3S. The van der Waals surface area contributed by atoms with Gasteiger partial charge in [0.15, 0.2) is 0 Å². The van der Waals surface area contributed by atoms with E-state index in [0.29, 0.717) is 5.92 Å². The molecule has 0 unspecified atom stereocenters. The molecule has 0 radical (unpaired) electrons. The maximum atomic E-state index is 12.2. The smallest absolute Gasteiger partial charge is 0.240 e. The summed E-state index contributed by atoms with van der Waals surface area (Å²) in [4.78, 5) is 16.6. The third kappa shape index (κ3) is 5.58. The Hall–Kier alpha value is -1.44. The lowest BCUT2D eigenvalue weighted by Crippen LogP contribution is -2.49.